The number of nitrogens with zero attached hydrogens (tertiary/aromatic N) is 4. The third kappa shape index (κ3) is 3.95. The van der Waals surface area contributed by atoms with Crippen molar-refractivity contribution in [1.82, 2.24) is 19.4 Å². The molecule has 1 aromatic carbocycles. The van der Waals surface area contributed by atoms with Crippen LogP contribution in [0.4, 0.5) is 5.69 Å². The number of rotatable bonds is 4. The molecule has 1 N–H and O–H groups in total. The number of carbonyl (C=O) groups is 1. The minimum atomic E-state index is -0.482. The first kappa shape index (κ1) is 21.1. The maximum absolute atomic E-state index is 12.7. The van der Waals surface area contributed by atoms with Crippen molar-refractivity contribution in [3.05, 3.63) is 67.4 Å². The molecular weight excluding hydrogens is 418 g/mol. The van der Waals surface area contributed by atoms with E-state index in [0.29, 0.717) is 22.9 Å². The lowest BCUT2D eigenvalue weighted by Gasteiger charge is -2.21. The number of aromatic nitrogens is 3. The molecule has 31 heavy (non-hydrogen) atoms. The molecule has 1 unspecified atom stereocenters. The predicted molar refractivity (Wildman–Crippen MR) is 121 cm³/mol. The van der Waals surface area contributed by atoms with Gasteiger partial charge in [-0.2, -0.15) is 0 Å². The highest BCUT2D eigenvalue weighted by Gasteiger charge is 2.24. The van der Waals surface area contributed by atoms with Gasteiger partial charge in [-0.05, 0) is 49.1 Å². The fourth-order valence-electron chi connectivity index (χ4n) is 4.05. The molecule has 1 amide bonds. The van der Waals surface area contributed by atoms with Crippen molar-refractivity contribution in [2.75, 3.05) is 24.5 Å². The number of halogens is 1. The maximum atomic E-state index is 12.7. The van der Waals surface area contributed by atoms with Gasteiger partial charge in [0.2, 0.25) is 0 Å². The van der Waals surface area contributed by atoms with Crippen LogP contribution in [0, 0.1) is 12.8 Å². The average Bonchev–Trinajstić information content (AvgIpc) is 3.24. The van der Waals surface area contributed by atoms with E-state index in [2.05, 4.69) is 22.1 Å². The minimum Gasteiger partial charge on any atom is -0.371 e. The molecule has 9 heteroatoms. The summed E-state index contributed by atoms with van der Waals surface area (Å²) in [5.74, 6) is -0.0214. The molecule has 0 radical (unpaired) electrons. The summed E-state index contributed by atoms with van der Waals surface area (Å²) in [5.41, 5.74) is 1.76. The summed E-state index contributed by atoms with van der Waals surface area (Å²) < 4.78 is 2.30. The predicted octanol–water partition coefficient (Wildman–Crippen LogP) is 1.85. The molecule has 1 aliphatic rings. The highest BCUT2D eigenvalue weighted by molar-refractivity contribution is 6.30. The number of anilines is 1. The molecule has 1 fully saturated rings. The van der Waals surface area contributed by atoms with Crippen LogP contribution in [0.3, 0.4) is 0 Å². The lowest BCUT2D eigenvalue weighted by atomic mass is 10.1. The second-order valence-corrected chi connectivity index (χ2v) is 8.45. The second kappa shape index (κ2) is 8.19. The van der Waals surface area contributed by atoms with Gasteiger partial charge in [0.05, 0.1) is 5.39 Å². The lowest BCUT2D eigenvalue weighted by Crippen LogP contribution is -2.37. The van der Waals surface area contributed by atoms with Gasteiger partial charge in [-0.3, -0.25) is 18.7 Å². The monoisotopic (exact) mass is 441 g/mol. The Morgan fingerprint density at radius 3 is 2.74 bits per heavy atom. The summed E-state index contributed by atoms with van der Waals surface area (Å²) in [5, 5.41) is 3.95. The van der Waals surface area contributed by atoms with Gasteiger partial charge in [-0.1, -0.05) is 17.7 Å². The van der Waals surface area contributed by atoms with Crippen molar-refractivity contribution in [2.24, 2.45) is 20.0 Å². The summed E-state index contributed by atoms with van der Waals surface area (Å²) in [6, 6.07) is 8.93. The van der Waals surface area contributed by atoms with Crippen LogP contribution in [0.1, 0.15) is 22.5 Å². The molecule has 0 saturated carbocycles. The van der Waals surface area contributed by atoms with Crippen molar-refractivity contribution < 1.29 is 4.79 Å². The highest BCUT2D eigenvalue weighted by atomic mass is 35.5. The molecule has 2 aromatic heterocycles. The fourth-order valence-corrected chi connectivity index (χ4v) is 4.22. The Bertz CT molecular complexity index is 1300. The number of pyridine rings is 1. The van der Waals surface area contributed by atoms with Crippen LogP contribution in [0.5, 0.6) is 0 Å². The van der Waals surface area contributed by atoms with E-state index in [0.717, 1.165) is 29.8 Å². The van der Waals surface area contributed by atoms with Crippen molar-refractivity contribution in [3.63, 3.8) is 0 Å². The molecular formula is C22H24ClN5O3. The first-order valence-electron chi connectivity index (χ1n) is 10.1. The van der Waals surface area contributed by atoms with Crippen LogP contribution in [0.15, 0.2) is 39.9 Å². The Hall–Kier alpha value is -3.13. The molecule has 0 bridgehead atoms. The van der Waals surface area contributed by atoms with Gasteiger partial charge in [0.15, 0.2) is 0 Å². The van der Waals surface area contributed by atoms with Crippen molar-refractivity contribution in [1.29, 1.82) is 0 Å². The third-order valence-electron chi connectivity index (χ3n) is 5.88. The third-order valence-corrected chi connectivity index (χ3v) is 6.12. The van der Waals surface area contributed by atoms with Gasteiger partial charge in [0.25, 0.3) is 11.5 Å². The Kier molecular flexibility index (Phi) is 5.58. The standard InChI is InChI=1S/C22H24ClN5O3/c1-13-4-5-15(23)10-18(13)28-9-8-14(12-28)11-24-20(29)17-7-6-16-19(25-17)26(2)22(31)27(3)21(16)30/h4-7,10,14H,8-9,11-12H2,1-3H3,(H,24,29). The van der Waals surface area contributed by atoms with Crippen LogP contribution in [-0.2, 0) is 14.1 Å². The Morgan fingerprint density at radius 2 is 1.97 bits per heavy atom. The second-order valence-electron chi connectivity index (χ2n) is 8.01. The van der Waals surface area contributed by atoms with E-state index in [1.807, 2.05) is 18.2 Å². The molecule has 0 aliphatic carbocycles. The van der Waals surface area contributed by atoms with E-state index < -0.39 is 11.2 Å². The number of aryl methyl sites for hydroxylation is 2. The van der Waals surface area contributed by atoms with Gasteiger partial charge in [0, 0.05) is 44.4 Å². The summed E-state index contributed by atoms with van der Waals surface area (Å²) in [7, 11) is 2.95. The number of hydrogen-bond acceptors (Lipinski definition) is 5. The summed E-state index contributed by atoms with van der Waals surface area (Å²) in [4.78, 5) is 43.7. The summed E-state index contributed by atoms with van der Waals surface area (Å²) in [6.45, 7) is 4.31. The summed E-state index contributed by atoms with van der Waals surface area (Å²) >= 11 is 6.15. The van der Waals surface area contributed by atoms with Crippen LogP contribution in [0.25, 0.3) is 11.0 Å². The summed E-state index contributed by atoms with van der Waals surface area (Å²) in [6.07, 6.45) is 0.960. The van der Waals surface area contributed by atoms with E-state index in [1.165, 1.54) is 36.4 Å². The van der Waals surface area contributed by atoms with Crippen LogP contribution < -0.4 is 21.5 Å². The van der Waals surface area contributed by atoms with Crippen LogP contribution in [-0.4, -0.2) is 39.7 Å². The first-order valence-corrected chi connectivity index (χ1v) is 10.5. The topological polar surface area (TPSA) is 89.2 Å². The average molecular weight is 442 g/mol. The molecule has 8 nitrogen and oxygen atoms in total. The Balaban J connectivity index is 1.46. The van der Waals surface area contributed by atoms with Crippen LogP contribution in [0.2, 0.25) is 5.02 Å². The molecule has 1 atom stereocenters. The fraction of sp³-hybridized carbons (Fsp3) is 0.364. The number of nitrogens with one attached hydrogen (secondary N) is 1. The highest BCUT2D eigenvalue weighted by Crippen LogP contribution is 2.29. The molecule has 0 spiro atoms. The smallest absolute Gasteiger partial charge is 0.332 e. The normalized spacial score (nSPS) is 16.1. The zero-order valence-corrected chi connectivity index (χ0v) is 18.4. The number of amides is 1. The number of benzene rings is 1. The number of hydrogen-bond donors (Lipinski definition) is 1. The van der Waals surface area contributed by atoms with Crippen molar-refractivity contribution >= 4 is 34.2 Å². The van der Waals surface area contributed by atoms with Crippen LogP contribution >= 0.6 is 11.6 Å². The Labute approximate surface area is 184 Å². The molecule has 162 valence electrons. The van der Waals surface area contributed by atoms with Gasteiger partial charge < -0.3 is 10.2 Å². The number of fused-ring (bicyclic) bond motifs is 1. The van der Waals surface area contributed by atoms with Gasteiger partial charge in [-0.15, -0.1) is 0 Å². The van der Waals surface area contributed by atoms with Gasteiger partial charge in [0.1, 0.15) is 11.3 Å². The molecule has 3 heterocycles. The maximum Gasteiger partial charge on any atom is 0.332 e. The largest absolute Gasteiger partial charge is 0.371 e. The minimum absolute atomic E-state index is 0.177. The molecule has 1 saturated heterocycles. The molecule has 4 rings (SSSR count). The number of carbonyl (C=O) groups excluding carboxylic acids is 1. The zero-order valence-electron chi connectivity index (χ0n) is 17.7. The quantitative estimate of drug-likeness (QED) is 0.667. The van der Waals surface area contributed by atoms with Crippen molar-refractivity contribution in [3.8, 4) is 0 Å². The van der Waals surface area contributed by atoms with Crippen molar-refractivity contribution in [2.45, 2.75) is 13.3 Å². The molecule has 3 aromatic rings. The zero-order chi connectivity index (χ0) is 22.3. The van der Waals surface area contributed by atoms with E-state index >= 15 is 0 Å². The molecule has 1 aliphatic heterocycles. The lowest BCUT2D eigenvalue weighted by molar-refractivity contribution is 0.0943. The van der Waals surface area contributed by atoms with E-state index in [9.17, 15) is 14.4 Å². The Morgan fingerprint density at radius 1 is 1.19 bits per heavy atom. The van der Waals surface area contributed by atoms with E-state index in [1.54, 1.807) is 0 Å². The van der Waals surface area contributed by atoms with E-state index in [-0.39, 0.29) is 17.2 Å². The van der Waals surface area contributed by atoms with Gasteiger partial charge in [-0.25, -0.2) is 9.78 Å². The van der Waals surface area contributed by atoms with E-state index in [4.69, 9.17) is 11.6 Å². The van der Waals surface area contributed by atoms with Gasteiger partial charge >= 0.3 is 5.69 Å². The first-order chi connectivity index (χ1) is 14.8. The SMILES string of the molecule is Cc1ccc(Cl)cc1N1CCC(CNC(=O)c2ccc3c(=O)n(C)c(=O)n(C)c3n2)C1.